The molecule has 0 radical (unpaired) electrons. The van der Waals surface area contributed by atoms with E-state index in [0.717, 1.165) is 37.0 Å². The van der Waals surface area contributed by atoms with Crippen molar-refractivity contribution >= 4 is 17.1 Å². The second-order valence-electron chi connectivity index (χ2n) is 4.88. The Morgan fingerprint density at radius 3 is 2.33 bits per heavy atom. The van der Waals surface area contributed by atoms with Crippen molar-refractivity contribution in [1.29, 1.82) is 0 Å². The van der Waals surface area contributed by atoms with Gasteiger partial charge in [-0.1, -0.05) is 37.6 Å². The maximum absolute atomic E-state index is 12.0. The lowest BCUT2D eigenvalue weighted by atomic mass is 9.93. The van der Waals surface area contributed by atoms with Crippen molar-refractivity contribution in [3.63, 3.8) is 0 Å². The Labute approximate surface area is 122 Å². The number of nitro groups is 1. The van der Waals surface area contributed by atoms with Gasteiger partial charge in [-0.25, -0.2) is 0 Å². The minimum Gasteiger partial charge on any atom is -0.290 e. The highest BCUT2D eigenvalue weighted by molar-refractivity contribution is 6.35. The maximum Gasteiger partial charge on any atom is 0.320 e. The Morgan fingerprint density at radius 2 is 1.76 bits per heavy atom. The summed E-state index contributed by atoms with van der Waals surface area (Å²) in [4.78, 5) is 33.5. The van der Waals surface area contributed by atoms with Crippen molar-refractivity contribution < 1.29 is 14.5 Å². The number of carbonyl (C=O) groups excluding carboxylic acids is 2. The average molecular weight is 285 g/mol. The van der Waals surface area contributed by atoms with Crippen LogP contribution in [0.1, 0.15) is 30.9 Å². The standard InChI is InChI=1S/C16H15NO4/c1-2-3-4-11-5-7-12(8-6-11)14-9-13(18)10-15(16(14)19)17(20)21/h5-10H,2-4H2,1H3. The van der Waals surface area contributed by atoms with Gasteiger partial charge in [-0.05, 0) is 30.0 Å². The third-order valence-electron chi connectivity index (χ3n) is 3.32. The third kappa shape index (κ3) is 3.31. The van der Waals surface area contributed by atoms with Gasteiger partial charge in [0.1, 0.15) is 0 Å². The smallest absolute Gasteiger partial charge is 0.290 e. The number of Topliss-reactive ketones (excluding diaryl/α,β-unsaturated/α-hetero) is 1. The van der Waals surface area contributed by atoms with Gasteiger partial charge >= 0.3 is 5.70 Å². The molecule has 0 fully saturated rings. The molecule has 0 amide bonds. The van der Waals surface area contributed by atoms with E-state index in [4.69, 9.17) is 0 Å². The van der Waals surface area contributed by atoms with Gasteiger partial charge in [0.05, 0.1) is 11.0 Å². The second-order valence-corrected chi connectivity index (χ2v) is 4.88. The van der Waals surface area contributed by atoms with Gasteiger partial charge in [0.25, 0.3) is 5.78 Å². The highest BCUT2D eigenvalue weighted by Gasteiger charge is 2.31. The van der Waals surface area contributed by atoms with Crippen LogP contribution in [-0.4, -0.2) is 16.5 Å². The Balaban J connectivity index is 2.27. The van der Waals surface area contributed by atoms with E-state index in [9.17, 15) is 19.7 Å². The van der Waals surface area contributed by atoms with Crippen LogP contribution in [0.3, 0.4) is 0 Å². The van der Waals surface area contributed by atoms with Gasteiger partial charge in [-0.2, -0.15) is 0 Å². The van der Waals surface area contributed by atoms with E-state index in [0.29, 0.717) is 5.56 Å². The molecule has 0 aromatic heterocycles. The first-order valence-corrected chi connectivity index (χ1v) is 6.78. The molecular formula is C16H15NO4. The van der Waals surface area contributed by atoms with E-state index in [1.807, 2.05) is 12.1 Å². The predicted octanol–water partition coefficient (Wildman–Crippen LogP) is 2.73. The SMILES string of the molecule is CCCCc1ccc(C2=CC(=O)C=C([N+](=O)[O-])C2=O)cc1. The molecule has 1 aliphatic carbocycles. The van der Waals surface area contributed by atoms with Crippen LogP contribution in [-0.2, 0) is 16.0 Å². The summed E-state index contributed by atoms with van der Waals surface area (Å²) in [6.07, 6.45) is 5.03. The van der Waals surface area contributed by atoms with Crippen molar-refractivity contribution in [2.75, 3.05) is 0 Å². The highest BCUT2D eigenvalue weighted by atomic mass is 16.6. The zero-order valence-electron chi connectivity index (χ0n) is 11.7. The zero-order valence-corrected chi connectivity index (χ0v) is 11.7. The number of allylic oxidation sites excluding steroid dienone is 3. The van der Waals surface area contributed by atoms with E-state index in [2.05, 4.69) is 6.92 Å². The molecule has 2 rings (SSSR count). The average Bonchev–Trinajstić information content (AvgIpc) is 2.47. The molecule has 0 N–H and O–H groups in total. The van der Waals surface area contributed by atoms with Gasteiger partial charge in [-0.15, -0.1) is 0 Å². The highest BCUT2D eigenvalue weighted by Crippen LogP contribution is 2.24. The van der Waals surface area contributed by atoms with Crippen LogP contribution in [0.15, 0.2) is 42.1 Å². The lowest BCUT2D eigenvalue weighted by Crippen LogP contribution is -2.19. The normalized spacial score (nSPS) is 14.7. The topological polar surface area (TPSA) is 77.3 Å². The Bertz CT molecular complexity index is 653. The molecule has 0 bridgehead atoms. The molecule has 21 heavy (non-hydrogen) atoms. The first kappa shape index (κ1) is 14.8. The number of carbonyl (C=O) groups is 2. The van der Waals surface area contributed by atoms with Crippen molar-refractivity contribution in [3.8, 4) is 0 Å². The van der Waals surface area contributed by atoms with Gasteiger partial charge in [-0.3, -0.25) is 19.7 Å². The number of unbranched alkanes of at least 4 members (excludes halogenated alkanes) is 1. The molecule has 0 heterocycles. The second kappa shape index (κ2) is 6.26. The van der Waals surface area contributed by atoms with Crippen LogP contribution in [0.5, 0.6) is 0 Å². The summed E-state index contributed by atoms with van der Waals surface area (Å²) in [5.74, 6) is -1.26. The van der Waals surface area contributed by atoms with Crippen LogP contribution in [0.25, 0.3) is 5.57 Å². The summed E-state index contributed by atoms with van der Waals surface area (Å²) in [5.41, 5.74) is 1.07. The third-order valence-corrected chi connectivity index (χ3v) is 3.32. The predicted molar refractivity (Wildman–Crippen MR) is 78.1 cm³/mol. The van der Waals surface area contributed by atoms with Crippen LogP contribution in [0.4, 0.5) is 0 Å². The summed E-state index contributed by atoms with van der Waals surface area (Å²) in [7, 11) is 0. The van der Waals surface area contributed by atoms with Crippen LogP contribution < -0.4 is 0 Å². The monoisotopic (exact) mass is 285 g/mol. The number of hydrogen-bond acceptors (Lipinski definition) is 4. The number of ketones is 2. The molecule has 1 aromatic rings. The van der Waals surface area contributed by atoms with Gasteiger partial charge in [0.15, 0.2) is 5.78 Å². The fourth-order valence-electron chi connectivity index (χ4n) is 2.17. The van der Waals surface area contributed by atoms with Crippen LogP contribution >= 0.6 is 0 Å². The number of hydrogen-bond donors (Lipinski definition) is 0. The van der Waals surface area contributed by atoms with Gasteiger partial charge in [0.2, 0.25) is 0 Å². The van der Waals surface area contributed by atoms with Crippen molar-refractivity contribution in [3.05, 3.63) is 63.4 Å². The first-order chi connectivity index (χ1) is 10.0. The van der Waals surface area contributed by atoms with E-state index in [1.54, 1.807) is 12.1 Å². The summed E-state index contributed by atoms with van der Waals surface area (Å²) in [5, 5.41) is 10.8. The molecule has 5 heteroatoms. The summed E-state index contributed by atoms with van der Waals surface area (Å²) in [6.45, 7) is 2.11. The number of aryl methyl sites for hydroxylation is 1. The number of benzene rings is 1. The molecule has 1 aliphatic rings. The molecule has 0 spiro atoms. The van der Waals surface area contributed by atoms with E-state index < -0.39 is 22.2 Å². The maximum atomic E-state index is 12.0. The number of nitrogens with zero attached hydrogens (tertiary/aromatic N) is 1. The zero-order chi connectivity index (χ0) is 15.4. The van der Waals surface area contributed by atoms with Crippen LogP contribution in [0.2, 0.25) is 0 Å². The fraction of sp³-hybridized carbons (Fsp3) is 0.250. The Morgan fingerprint density at radius 1 is 1.10 bits per heavy atom. The molecular weight excluding hydrogens is 270 g/mol. The fourth-order valence-corrected chi connectivity index (χ4v) is 2.17. The molecule has 0 saturated heterocycles. The molecule has 1 aromatic carbocycles. The molecule has 0 unspecified atom stereocenters. The minimum atomic E-state index is -0.817. The summed E-state index contributed by atoms with van der Waals surface area (Å²) in [6, 6.07) is 7.22. The van der Waals surface area contributed by atoms with Gasteiger partial charge < -0.3 is 0 Å². The molecule has 0 atom stereocenters. The van der Waals surface area contributed by atoms with Crippen molar-refractivity contribution in [2.24, 2.45) is 0 Å². The minimum absolute atomic E-state index is 0.0799. The quantitative estimate of drug-likeness (QED) is 0.473. The Kier molecular flexibility index (Phi) is 4.42. The molecule has 5 nitrogen and oxygen atoms in total. The van der Waals surface area contributed by atoms with E-state index >= 15 is 0 Å². The molecule has 0 saturated carbocycles. The first-order valence-electron chi connectivity index (χ1n) is 6.78. The van der Waals surface area contributed by atoms with Crippen molar-refractivity contribution in [1.82, 2.24) is 0 Å². The van der Waals surface area contributed by atoms with Crippen molar-refractivity contribution in [2.45, 2.75) is 26.2 Å². The van der Waals surface area contributed by atoms with Crippen LogP contribution in [0, 0.1) is 10.1 Å². The number of rotatable bonds is 5. The molecule has 0 aliphatic heterocycles. The largest absolute Gasteiger partial charge is 0.320 e. The Hall–Kier alpha value is -2.56. The lowest BCUT2D eigenvalue weighted by Gasteiger charge is -2.09. The molecule has 108 valence electrons. The van der Waals surface area contributed by atoms with E-state index in [-0.39, 0.29) is 5.57 Å². The summed E-state index contributed by atoms with van der Waals surface area (Å²) < 4.78 is 0. The lowest BCUT2D eigenvalue weighted by molar-refractivity contribution is -0.418. The van der Waals surface area contributed by atoms with Gasteiger partial charge in [0, 0.05) is 5.57 Å². The van der Waals surface area contributed by atoms with E-state index in [1.165, 1.54) is 0 Å². The summed E-state index contributed by atoms with van der Waals surface area (Å²) >= 11 is 0.